The van der Waals surface area contributed by atoms with Crippen LogP contribution in [0.5, 0.6) is 0 Å². The zero-order valence-corrected chi connectivity index (χ0v) is 11.9. The van der Waals surface area contributed by atoms with E-state index in [9.17, 15) is 9.59 Å². The lowest BCUT2D eigenvalue weighted by Gasteiger charge is -2.40. The lowest BCUT2D eigenvalue weighted by atomic mass is 9.98. The third-order valence-corrected chi connectivity index (χ3v) is 3.54. The molecule has 104 valence electrons. The van der Waals surface area contributed by atoms with Crippen molar-refractivity contribution in [1.29, 1.82) is 0 Å². The van der Waals surface area contributed by atoms with Gasteiger partial charge in [0, 0.05) is 6.54 Å². The van der Waals surface area contributed by atoms with Gasteiger partial charge >= 0.3 is 0 Å². The van der Waals surface area contributed by atoms with Gasteiger partial charge in [-0.15, -0.1) is 0 Å². The highest BCUT2D eigenvalue weighted by Crippen LogP contribution is 2.21. The van der Waals surface area contributed by atoms with Gasteiger partial charge in [-0.05, 0) is 33.8 Å². The summed E-state index contributed by atoms with van der Waals surface area (Å²) in [5.74, 6) is -0.183. The number of aromatic nitrogens is 2. The number of carbonyl (C=O) groups is 2. The first-order valence-corrected chi connectivity index (χ1v) is 6.48. The molecule has 2 amide bonds. The lowest BCUT2D eigenvalue weighted by molar-refractivity contribution is -0.152. The highest BCUT2D eigenvalue weighted by molar-refractivity contribution is 5.97. The second kappa shape index (κ2) is 4.68. The molecular formula is C13H20N4O2. The Hall–Kier alpha value is -1.85. The van der Waals surface area contributed by atoms with Crippen molar-refractivity contribution in [2.45, 2.75) is 46.3 Å². The molecule has 1 N–H and O–H groups in total. The number of piperazine rings is 1. The molecule has 0 aliphatic carbocycles. The van der Waals surface area contributed by atoms with Crippen molar-refractivity contribution in [2.75, 3.05) is 6.54 Å². The highest BCUT2D eigenvalue weighted by atomic mass is 16.2. The minimum absolute atomic E-state index is 0.0638. The minimum Gasteiger partial charge on any atom is -0.345 e. The Morgan fingerprint density at radius 2 is 2.11 bits per heavy atom. The van der Waals surface area contributed by atoms with Crippen LogP contribution in [-0.4, -0.2) is 38.6 Å². The number of hydrogen-bond donors (Lipinski definition) is 1. The van der Waals surface area contributed by atoms with E-state index in [1.54, 1.807) is 18.7 Å². The Balaban J connectivity index is 2.29. The van der Waals surface area contributed by atoms with Gasteiger partial charge in [-0.2, -0.15) is 5.10 Å². The molecule has 0 spiro atoms. The van der Waals surface area contributed by atoms with Gasteiger partial charge in [-0.1, -0.05) is 0 Å². The average Bonchev–Trinajstić information content (AvgIpc) is 2.70. The molecule has 6 heteroatoms. The van der Waals surface area contributed by atoms with E-state index < -0.39 is 5.54 Å². The lowest BCUT2D eigenvalue weighted by Crippen LogP contribution is -2.64. The summed E-state index contributed by atoms with van der Waals surface area (Å²) in [5.41, 5.74) is 1.05. The van der Waals surface area contributed by atoms with Crippen LogP contribution < -0.4 is 5.32 Å². The Labute approximate surface area is 112 Å². The minimum atomic E-state index is -0.827. The van der Waals surface area contributed by atoms with E-state index in [-0.39, 0.29) is 18.4 Å². The second-order valence-electron chi connectivity index (χ2n) is 5.31. The molecule has 1 aromatic rings. The maximum absolute atomic E-state index is 12.0. The number of rotatable bonds is 3. The van der Waals surface area contributed by atoms with Crippen LogP contribution >= 0.6 is 0 Å². The van der Waals surface area contributed by atoms with Crippen molar-refractivity contribution in [2.24, 2.45) is 0 Å². The molecular weight excluding hydrogens is 244 g/mol. The van der Waals surface area contributed by atoms with Gasteiger partial charge in [-0.3, -0.25) is 14.3 Å². The summed E-state index contributed by atoms with van der Waals surface area (Å²) in [5, 5.41) is 6.98. The van der Waals surface area contributed by atoms with E-state index >= 15 is 0 Å². The van der Waals surface area contributed by atoms with Crippen LogP contribution in [0.2, 0.25) is 0 Å². The van der Waals surface area contributed by atoms with Gasteiger partial charge in [-0.25, -0.2) is 0 Å². The van der Waals surface area contributed by atoms with Crippen molar-refractivity contribution in [1.82, 2.24) is 20.0 Å². The van der Waals surface area contributed by atoms with Gasteiger partial charge in [0.05, 0.1) is 24.5 Å². The molecule has 1 fully saturated rings. The Bertz CT molecular complexity index is 519. The Morgan fingerprint density at radius 1 is 1.42 bits per heavy atom. The van der Waals surface area contributed by atoms with Gasteiger partial charge in [0.15, 0.2) is 0 Å². The molecule has 0 atom stereocenters. The maximum Gasteiger partial charge on any atom is 0.245 e. The Morgan fingerprint density at radius 3 is 2.74 bits per heavy atom. The molecule has 0 unspecified atom stereocenters. The Kier molecular flexibility index (Phi) is 3.34. The fourth-order valence-corrected chi connectivity index (χ4v) is 2.35. The number of amides is 2. The molecule has 1 aliphatic rings. The van der Waals surface area contributed by atoms with E-state index in [1.807, 2.05) is 24.6 Å². The summed E-state index contributed by atoms with van der Waals surface area (Å²) >= 11 is 0. The molecule has 0 saturated carbocycles. The zero-order chi connectivity index (χ0) is 14.2. The predicted molar refractivity (Wildman–Crippen MR) is 70.3 cm³/mol. The number of nitrogens with zero attached hydrogens (tertiary/aromatic N) is 3. The van der Waals surface area contributed by atoms with E-state index in [2.05, 4.69) is 10.4 Å². The highest BCUT2D eigenvalue weighted by Gasteiger charge is 2.41. The van der Waals surface area contributed by atoms with Crippen LogP contribution in [0.15, 0.2) is 6.07 Å². The van der Waals surface area contributed by atoms with Gasteiger partial charge in [0.25, 0.3) is 0 Å². The number of nitrogens with one attached hydrogen (secondary N) is 1. The van der Waals surface area contributed by atoms with Crippen LogP contribution in [0.25, 0.3) is 0 Å². The van der Waals surface area contributed by atoms with Crippen LogP contribution in [0.4, 0.5) is 0 Å². The van der Waals surface area contributed by atoms with Crippen LogP contribution in [0.1, 0.15) is 32.2 Å². The summed E-state index contributed by atoms with van der Waals surface area (Å²) in [6.45, 7) is 8.68. The molecule has 0 aromatic carbocycles. The van der Waals surface area contributed by atoms with E-state index in [4.69, 9.17) is 0 Å². The molecule has 0 bridgehead atoms. The fourth-order valence-electron chi connectivity index (χ4n) is 2.35. The zero-order valence-electron chi connectivity index (χ0n) is 11.9. The third kappa shape index (κ3) is 2.34. The first-order valence-electron chi connectivity index (χ1n) is 6.48. The predicted octanol–water partition coefficient (Wildman–Crippen LogP) is 0.448. The molecule has 2 heterocycles. The summed E-state index contributed by atoms with van der Waals surface area (Å²) in [6.07, 6.45) is 0. The van der Waals surface area contributed by atoms with Crippen molar-refractivity contribution in [3.8, 4) is 0 Å². The molecule has 2 rings (SSSR count). The summed E-state index contributed by atoms with van der Waals surface area (Å²) in [6, 6.07) is 1.96. The first kappa shape index (κ1) is 13.6. The molecule has 19 heavy (non-hydrogen) atoms. The third-order valence-electron chi connectivity index (χ3n) is 3.54. The molecule has 0 radical (unpaired) electrons. The maximum atomic E-state index is 12.0. The molecule has 1 aromatic heterocycles. The molecule has 1 saturated heterocycles. The van der Waals surface area contributed by atoms with Crippen LogP contribution in [0, 0.1) is 6.92 Å². The van der Waals surface area contributed by atoms with Gasteiger partial charge in [0.1, 0.15) is 5.54 Å². The van der Waals surface area contributed by atoms with E-state index in [0.717, 1.165) is 17.9 Å². The summed E-state index contributed by atoms with van der Waals surface area (Å²) < 4.78 is 1.87. The fraction of sp³-hybridized carbons (Fsp3) is 0.615. The van der Waals surface area contributed by atoms with Crippen molar-refractivity contribution in [3.05, 3.63) is 17.5 Å². The normalized spacial score (nSPS) is 18.6. The summed E-state index contributed by atoms with van der Waals surface area (Å²) in [7, 11) is 0. The number of aryl methyl sites for hydroxylation is 2. The van der Waals surface area contributed by atoms with Crippen molar-refractivity contribution >= 4 is 11.8 Å². The van der Waals surface area contributed by atoms with Crippen molar-refractivity contribution in [3.63, 3.8) is 0 Å². The van der Waals surface area contributed by atoms with Gasteiger partial charge < -0.3 is 10.2 Å². The second-order valence-corrected chi connectivity index (χ2v) is 5.31. The van der Waals surface area contributed by atoms with Crippen LogP contribution in [0.3, 0.4) is 0 Å². The molecule has 1 aliphatic heterocycles. The molecule has 6 nitrogen and oxygen atoms in total. The van der Waals surface area contributed by atoms with E-state index in [0.29, 0.717) is 6.54 Å². The van der Waals surface area contributed by atoms with Crippen LogP contribution in [-0.2, 0) is 22.7 Å². The average molecular weight is 264 g/mol. The first-order chi connectivity index (χ1) is 8.86. The summed E-state index contributed by atoms with van der Waals surface area (Å²) in [4.78, 5) is 25.6. The number of carbonyl (C=O) groups excluding carboxylic acids is 2. The van der Waals surface area contributed by atoms with Gasteiger partial charge in [0.2, 0.25) is 11.8 Å². The SMILES string of the molecule is CCn1nc(C)cc1CN1C(=O)CNC(=O)C1(C)C. The monoisotopic (exact) mass is 264 g/mol. The largest absolute Gasteiger partial charge is 0.345 e. The topological polar surface area (TPSA) is 67.2 Å². The van der Waals surface area contributed by atoms with Crippen molar-refractivity contribution < 1.29 is 9.59 Å². The quantitative estimate of drug-likeness (QED) is 0.862. The van der Waals surface area contributed by atoms with E-state index in [1.165, 1.54) is 0 Å². The smallest absolute Gasteiger partial charge is 0.245 e. The number of hydrogen-bond acceptors (Lipinski definition) is 3. The standard InChI is InChI=1S/C13H20N4O2/c1-5-17-10(6-9(2)15-17)8-16-11(18)7-14-12(19)13(16,3)4/h6H,5,7-8H2,1-4H3,(H,14,19).